The molecule has 0 aliphatic heterocycles. The molecule has 0 amide bonds. The first-order valence-corrected chi connectivity index (χ1v) is 11.7. The number of halogens is 4. The lowest BCUT2D eigenvalue weighted by Gasteiger charge is -2.16. The van der Waals surface area contributed by atoms with E-state index in [9.17, 15) is 23.1 Å². The number of rotatable bonds is 6. The molecule has 39 heavy (non-hydrogen) atoms. The molecule has 0 bridgehead atoms. The first-order valence-electron chi connectivity index (χ1n) is 11.7. The molecular weight excluding hydrogens is 518 g/mol. The Balaban J connectivity index is 1.54. The second-order valence-corrected chi connectivity index (χ2v) is 8.88. The van der Waals surface area contributed by atoms with Gasteiger partial charge in [0.25, 0.3) is 5.56 Å². The van der Waals surface area contributed by atoms with Crippen LogP contribution >= 0.6 is 0 Å². The number of imidazole rings is 1. The van der Waals surface area contributed by atoms with E-state index in [-0.39, 0.29) is 21.4 Å². The van der Waals surface area contributed by atoms with Crippen molar-refractivity contribution in [1.82, 2.24) is 29.3 Å². The number of alkyl halides is 3. The quantitative estimate of drug-likeness (QED) is 0.297. The number of pyridine rings is 2. The molecule has 1 aromatic carbocycles. The molecule has 9 nitrogen and oxygen atoms in total. The zero-order valence-corrected chi connectivity index (χ0v) is 20.6. The monoisotopic (exact) mass is 539 g/mol. The average molecular weight is 539 g/mol. The molecule has 0 fully saturated rings. The first kappa shape index (κ1) is 26.0. The lowest BCUT2D eigenvalue weighted by atomic mass is 10.0. The van der Waals surface area contributed by atoms with E-state index in [0.29, 0.717) is 28.4 Å². The highest BCUT2D eigenvalue weighted by Crippen LogP contribution is 2.30. The van der Waals surface area contributed by atoms with Gasteiger partial charge in [-0.3, -0.25) is 9.36 Å². The van der Waals surface area contributed by atoms with Gasteiger partial charge in [-0.05, 0) is 56.3 Å². The van der Waals surface area contributed by atoms with Crippen LogP contribution in [0.3, 0.4) is 0 Å². The van der Waals surface area contributed by atoms with E-state index in [2.05, 4.69) is 25.5 Å². The number of nitrogens with one attached hydrogen (secondary N) is 1. The summed E-state index contributed by atoms with van der Waals surface area (Å²) in [6, 6.07) is 13.1. The van der Waals surface area contributed by atoms with Crippen molar-refractivity contribution < 1.29 is 22.7 Å². The van der Waals surface area contributed by atoms with Gasteiger partial charge in [-0.25, -0.2) is 14.4 Å². The summed E-state index contributed by atoms with van der Waals surface area (Å²) in [4.78, 5) is 21.3. The molecular formula is C26H21F4N7O2. The summed E-state index contributed by atoms with van der Waals surface area (Å²) in [5.41, 5.74) is 1.10. The summed E-state index contributed by atoms with van der Waals surface area (Å²) < 4.78 is 55.3. The second-order valence-electron chi connectivity index (χ2n) is 8.88. The Kier molecular flexibility index (Phi) is 6.60. The van der Waals surface area contributed by atoms with E-state index < -0.39 is 30.2 Å². The minimum absolute atomic E-state index is 0.0747. The van der Waals surface area contributed by atoms with Crippen LogP contribution in [0.5, 0.6) is 0 Å². The van der Waals surface area contributed by atoms with Crippen molar-refractivity contribution in [3.63, 3.8) is 0 Å². The van der Waals surface area contributed by atoms with Crippen LogP contribution < -0.4 is 10.9 Å². The highest BCUT2D eigenvalue weighted by atomic mass is 19.4. The number of aliphatic hydroxyl groups excluding tert-OH is 1. The molecule has 0 aliphatic carbocycles. The third-order valence-corrected chi connectivity index (χ3v) is 5.94. The summed E-state index contributed by atoms with van der Waals surface area (Å²) in [5.74, 6) is -0.557. The molecule has 5 aromatic rings. The molecule has 2 N–H and O–H groups in total. The van der Waals surface area contributed by atoms with Gasteiger partial charge in [0, 0.05) is 23.0 Å². The summed E-state index contributed by atoms with van der Waals surface area (Å²) >= 11 is 0. The van der Waals surface area contributed by atoms with Crippen molar-refractivity contribution in [2.75, 3.05) is 5.32 Å². The maximum absolute atomic E-state index is 15.1. The normalized spacial score (nSPS) is 12.6. The fourth-order valence-electron chi connectivity index (χ4n) is 4.08. The van der Waals surface area contributed by atoms with E-state index in [1.165, 1.54) is 19.3 Å². The average Bonchev–Trinajstić information content (AvgIpc) is 3.30. The van der Waals surface area contributed by atoms with Crippen LogP contribution in [0.1, 0.15) is 24.3 Å². The van der Waals surface area contributed by atoms with Crippen molar-refractivity contribution in [1.29, 1.82) is 0 Å². The molecule has 0 saturated heterocycles. The molecule has 0 radical (unpaired) electrons. The fraction of sp³-hybridized carbons (Fsp3) is 0.192. The largest absolute Gasteiger partial charge is 0.406 e. The number of nitrogens with zero attached hydrogens (tertiary/aromatic N) is 6. The van der Waals surface area contributed by atoms with Crippen LogP contribution in [0.2, 0.25) is 0 Å². The summed E-state index contributed by atoms with van der Waals surface area (Å²) in [5, 5.41) is 21.5. The van der Waals surface area contributed by atoms with Crippen LogP contribution in [0.15, 0.2) is 65.8 Å². The van der Waals surface area contributed by atoms with Crippen molar-refractivity contribution in [2.24, 2.45) is 0 Å². The zero-order chi connectivity index (χ0) is 27.9. The predicted octanol–water partition coefficient (Wildman–Crippen LogP) is 4.85. The number of benzene rings is 1. The summed E-state index contributed by atoms with van der Waals surface area (Å²) in [6.07, 6.45) is -3.44. The van der Waals surface area contributed by atoms with Crippen LogP contribution in [-0.2, 0) is 6.54 Å². The van der Waals surface area contributed by atoms with Gasteiger partial charge >= 0.3 is 6.18 Å². The number of hydrogen-bond donors (Lipinski definition) is 2. The topological polar surface area (TPSA) is 111 Å². The molecule has 1 unspecified atom stereocenters. The van der Waals surface area contributed by atoms with E-state index >= 15 is 4.39 Å². The van der Waals surface area contributed by atoms with Gasteiger partial charge in [-0.15, -0.1) is 5.10 Å². The molecule has 0 aliphatic rings. The summed E-state index contributed by atoms with van der Waals surface area (Å²) in [6.45, 7) is 1.63. The van der Waals surface area contributed by atoms with Gasteiger partial charge in [0.2, 0.25) is 0 Å². The zero-order valence-electron chi connectivity index (χ0n) is 20.6. The third kappa shape index (κ3) is 5.34. The molecule has 5 rings (SSSR count). The maximum Gasteiger partial charge on any atom is 0.406 e. The Morgan fingerprint density at radius 1 is 1.08 bits per heavy atom. The van der Waals surface area contributed by atoms with Gasteiger partial charge in [0.15, 0.2) is 11.6 Å². The van der Waals surface area contributed by atoms with E-state index in [1.807, 2.05) is 13.0 Å². The lowest BCUT2D eigenvalue weighted by molar-refractivity contribution is -0.141. The maximum atomic E-state index is 15.1. The molecule has 4 aromatic heterocycles. The lowest BCUT2D eigenvalue weighted by Crippen LogP contribution is -2.30. The number of aryl methyl sites for hydroxylation is 1. The van der Waals surface area contributed by atoms with Crippen molar-refractivity contribution in [3.8, 4) is 17.1 Å². The minimum Gasteiger partial charge on any atom is -0.389 e. The molecule has 200 valence electrons. The van der Waals surface area contributed by atoms with Gasteiger partial charge in [0.1, 0.15) is 18.7 Å². The third-order valence-electron chi connectivity index (χ3n) is 5.94. The van der Waals surface area contributed by atoms with Gasteiger partial charge in [0.05, 0.1) is 28.5 Å². The molecule has 0 saturated carbocycles. The standard InChI is InChI=1S/C26H21F4N7O2/c1-14-3-7-21(35-34-14)32-16-4-6-20-19(11-16)31-13-37(20)22-8-5-17(15(2)38)24(33-22)18-9-10-36(12-26(28,29)30)25(39)23(18)27/h3-11,13,15,38H,12H2,1-2H3,(H,32,35). The molecule has 0 spiro atoms. The van der Waals surface area contributed by atoms with Crippen LogP contribution in [0.4, 0.5) is 29.1 Å². The Bertz CT molecular complexity index is 1730. The SMILES string of the molecule is Cc1ccc(Nc2ccc3c(c2)ncn3-c2ccc(C(C)O)c(-c3ccn(CC(F)(F)F)c(=O)c3F)n2)nn1. The van der Waals surface area contributed by atoms with Crippen molar-refractivity contribution >= 4 is 22.5 Å². The Morgan fingerprint density at radius 2 is 1.87 bits per heavy atom. The second kappa shape index (κ2) is 9.91. The first-order chi connectivity index (χ1) is 18.5. The van der Waals surface area contributed by atoms with E-state index in [4.69, 9.17) is 0 Å². The van der Waals surface area contributed by atoms with Gasteiger partial charge < -0.3 is 15.0 Å². The molecule has 13 heteroatoms. The van der Waals surface area contributed by atoms with Crippen LogP contribution in [0.25, 0.3) is 28.1 Å². The van der Waals surface area contributed by atoms with Crippen molar-refractivity contribution in [2.45, 2.75) is 32.7 Å². The van der Waals surface area contributed by atoms with Gasteiger partial charge in [-0.2, -0.15) is 18.3 Å². The summed E-state index contributed by atoms with van der Waals surface area (Å²) in [7, 11) is 0. The smallest absolute Gasteiger partial charge is 0.389 e. The molecule has 1 atom stereocenters. The molecule has 4 heterocycles. The minimum atomic E-state index is -4.70. The number of hydrogen-bond acceptors (Lipinski definition) is 7. The van der Waals surface area contributed by atoms with Crippen LogP contribution in [-0.4, -0.2) is 40.6 Å². The van der Waals surface area contributed by atoms with Crippen molar-refractivity contribution in [3.05, 3.63) is 88.5 Å². The van der Waals surface area contributed by atoms with Crippen LogP contribution in [0, 0.1) is 12.7 Å². The van der Waals surface area contributed by atoms with E-state index in [0.717, 1.165) is 18.0 Å². The number of aromatic nitrogens is 6. The Labute approximate surface area is 218 Å². The highest BCUT2D eigenvalue weighted by molar-refractivity contribution is 5.82. The number of anilines is 2. The van der Waals surface area contributed by atoms with Gasteiger partial charge in [-0.1, -0.05) is 6.07 Å². The number of aliphatic hydroxyl groups is 1. The predicted molar refractivity (Wildman–Crippen MR) is 135 cm³/mol. The van der Waals surface area contributed by atoms with E-state index in [1.54, 1.807) is 34.9 Å². The highest BCUT2D eigenvalue weighted by Gasteiger charge is 2.29. The Morgan fingerprint density at radius 3 is 2.56 bits per heavy atom. The Hall–Kier alpha value is -4.65. The fourth-order valence-corrected chi connectivity index (χ4v) is 4.08. The number of fused-ring (bicyclic) bond motifs is 1.